The van der Waals surface area contributed by atoms with Crippen LogP contribution >= 0.6 is 11.8 Å². The molecule has 1 heterocycles. The summed E-state index contributed by atoms with van der Waals surface area (Å²) in [5, 5.41) is 11.9. The maximum absolute atomic E-state index is 12.2. The summed E-state index contributed by atoms with van der Waals surface area (Å²) < 4.78 is 5.09. The summed E-state index contributed by atoms with van der Waals surface area (Å²) in [5.41, 5.74) is -0.850. The lowest BCUT2D eigenvalue weighted by atomic mass is 9.83. The van der Waals surface area contributed by atoms with Gasteiger partial charge in [0, 0.05) is 12.3 Å². The van der Waals surface area contributed by atoms with Gasteiger partial charge in [-0.25, -0.2) is 0 Å². The molecule has 0 aromatic rings. The van der Waals surface area contributed by atoms with E-state index >= 15 is 0 Å². The Bertz CT molecular complexity index is 525. The lowest BCUT2D eigenvalue weighted by Crippen LogP contribution is -2.52. The molecule has 0 spiro atoms. The highest BCUT2D eigenvalue weighted by atomic mass is 32.2. The van der Waals surface area contributed by atoms with E-state index in [0.29, 0.717) is 25.1 Å². The number of ether oxygens (including phenoxy) is 1. The number of nitrogens with zero attached hydrogens (tertiary/aromatic N) is 2. The van der Waals surface area contributed by atoms with Gasteiger partial charge in [-0.15, -0.1) is 0 Å². The molecular weight excluding hydrogens is 318 g/mol. The molecule has 1 aliphatic carbocycles. The fraction of sp³-hybridized carbons (Fsp3) is 0.733. The van der Waals surface area contributed by atoms with Gasteiger partial charge in [0.05, 0.1) is 6.07 Å². The molecule has 2 fully saturated rings. The third-order valence-corrected chi connectivity index (χ3v) is 5.02. The molecule has 1 saturated heterocycles. The standard InChI is InChI=1S/C15H21N3O4S/c1-11(22-12(19)9-18-7-8-23-14(18)21)13(20)17-15(10-16)5-3-2-4-6-15/h11H,2-9H2,1H3,(H,17,20)/t11-/m1/s1. The van der Waals surface area contributed by atoms with Crippen molar-refractivity contribution < 1.29 is 19.1 Å². The number of nitriles is 1. The number of amides is 2. The van der Waals surface area contributed by atoms with Crippen molar-refractivity contribution in [1.29, 1.82) is 5.26 Å². The minimum Gasteiger partial charge on any atom is -0.451 e. The third-order valence-electron chi connectivity index (χ3n) is 4.13. The maximum atomic E-state index is 12.2. The summed E-state index contributed by atoms with van der Waals surface area (Å²) in [5.74, 6) is -0.422. The van der Waals surface area contributed by atoms with E-state index in [0.717, 1.165) is 31.0 Å². The van der Waals surface area contributed by atoms with E-state index in [1.165, 1.54) is 11.8 Å². The molecule has 0 aromatic carbocycles. The van der Waals surface area contributed by atoms with Crippen molar-refractivity contribution in [3.8, 4) is 6.07 Å². The quantitative estimate of drug-likeness (QED) is 0.761. The van der Waals surface area contributed by atoms with Gasteiger partial charge < -0.3 is 15.0 Å². The van der Waals surface area contributed by atoms with E-state index in [9.17, 15) is 19.6 Å². The van der Waals surface area contributed by atoms with Gasteiger partial charge in [-0.05, 0) is 19.8 Å². The van der Waals surface area contributed by atoms with Crippen LogP contribution in [-0.2, 0) is 14.3 Å². The Hall–Kier alpha value is -1.75. The van der Waals surface area contributed by atoms with Crippen LogP contribution in [0, 0.1) is 11.3 Å². The van der Waals surface area contributed by atoms with E-state index in [4.69, 9.17) is 4.74 Å². The van der Waals surface area contributed by atoms with Crippen LogP contribution in [-0.4, -0.2) is 52.5 Å². The molecular formula is C15H21N3O4S. The van der Waals surface area contributed by atoms with Gasteiger partial charge in [0.15, 0.2) is 6.10 Å². The molecule has 1 N–H and O–H groups in total. The average Bonchev–Trinajstić information content (AvgIpc) is 2.93. The van der Waals surface area contributed by atoms with Crippen molar-refractivity contribution in [3.05, 3.63) is 0 Å². The van der Waals surface area contributed by atoms with Crippen molar-refractivity contribution in [3.63, 3.8) is 0 Å². The van der Waals surface area contributed by atoms with Crippen molar-refractivity contribution in [1.82, 2.24) is 10.2 Å². The number of carbonyl (C=O) groups excluding carboxylic acids is 3. The number of rotatable bonds is 5. The van der Waals surface area contributed by atoms with Crippen molar-refractivity contribution in [2.24, 2.45) is 0 Å². The zero-order chi connectivity index (χ0) is 16.9. The maximum Gasteiger partial charge on any atom is 0.326 e. The van der Waals surface area contributed by atoms with Crippen molar-refractivity contribution >= 4 is 28.9 Å². The number of thioether (sulfide) groups is 1. The second kappa shape index (κ2) is 7.68. The summed E-state index contributed by atoms with van der Waals surface area (Å²) >= 11 is 1.16. The van der Waals surface area contributed by atoms with Crippen LogP contribution in [0.2, 0.25) is 0 Å². The van der Waals surface area contributed by atoms with Gasteiger partial charge in [-0.2, -0.15) is 5.26 Å². The summed E-state index contributed by atoms with van der Waals surface area (Å²) in [6.07, 6.45) is 3.12. The van der Waals surface area contributed by atoms with Crippen molar-refractivity contribution in [2.45, 2.75) is 50.7 Å². The molecule has 8 heteroatoms. The number of nitrogens with one attached hydrogen (secondary N) is 1. The third kappa shape index (κ3) is 4.61. The van der Waals surface area contributed by atoms with Crippen LogP contribution in [0.3, 0.4) is 0 Å². The fourth-order valence-corrected chi connectivity index (χ4v) is 3.60. The van der Waals surface area contributed by atoms with Gasteiger partial charge in [-0.3, -0.25) is 14.4 Å². The highest BCUT2D eigenvalue weighted by molar-refractivity contribution is 8.13. The second-order valence-corrected chi connectivity index (χ2v) is 6.96. The molecule has 0 unspecified atom stereocenters. The first-order chi connectivity index (χ1) is 11.0. The Morgan fingerprint density at radius 1 is 1.43 bits per heavy atom. The molecule has 2 aliphatic rings. The van der Waals surface area contributed by atoms with Crippen LogP contribution in [0.1, 0.15) is 39.0 Å². The monoisotopic (exact) mass is 339 g/mol. The predicted molar refractivity (Wildman–Crippen MR) is 84.6 cm³/mol. The Kier molecular flexibility index (Phi) is 5.88. The molecule has 0 aromatic heterocycles. The second-order valence-electron chi connectivity index (χ2n) is 5.91. The topological polar surface area (TPSA) is 99.5 Å². The molecule has 126 valence electrons. The summed E-state index contributed by atoms with van der Waals surface area (Å²) in [4.78, 5) is 36.9. The molecule has 0 radical (unpaired) electrons. The van der Waals surface area contributed by atoms with Gasteiger partial charge in [-0.1, -0.05) is 31.0 Å². The fourth-order valence-electron chi connectivity index (χ4n) is 2.77. The van der Waals surface area contributed by atoms with Crippen LogP contribution < -0.4 is 5.32 Å². The van der Waals surface area contributed by atoms with Gasteiger partial charge in [0.2, 0.25) is 0 Å². The number of hydrogen-bond acceptors (Lipinski definition) is 6. The van der Waals surface area contributed by atoms with Crippen LogP contribution in [0.25, 0.3) is 0 Å². The molecule has 1 saturated carbocycles. The molecule has 2 rings (SSSR count). The number of carbonyl (C=O) groups is 3. The van der Waals surface area contributed by atoms with E-state index < -0.39 is 23.5 Å². The summed E-state index contributed by atoms with van der Waals surface area (Å²) in [6, 6.07) is 2.19. The normalized spacial score (nSPS) is 21.4. The first kappa shape index (κ1) is 17.6. The highest BCUT2D eigenvalue weighted by Gasteiger charge is 2.35. The van der Waals surface area contributed by atoms with Gasteiger partial charge in [0.1, 0.15) is 12.1 Å². The lowest BCUT2D eigenvalue weighted by molar-refractivity contribution is -0.155. The van der Waals surface area contributed by atoms with Gasteiger partial charge in [0.25, 0.3) is 11.1 Å². The molecule has 1 aliphatic heterocycles. The SMILES string of the molecule is C[C@@H](OC(=O)CN1CCSC1=O)C(=O)NC1(C#N)CCCCC1. The zero-order valence-electron chi connectivity index (χ0n) is 13.2. The van der Waals surface area contributed by atoms with Crippen LogP contribution in [0.5, 0.6) is 0 Å². The summed E-state index contributed by atoms with van der Waals surface area (Å²) in [6.45, 7) is 1.84. The van der Waals surface area contributed by atoms with Crippen molar-refractivity contribution in [2.75, 3.05) is 18.8 Å². The highest BCUT2D eigenvalue weighted by Crippen LogP contribution is 2.27. The van der Waals surface area contributed by atoms with E-state index in [1.54, 1.807) is 0 Å². The Morgan fingerprint density at radius 2 is 2.13 bits per heavy atom. The number of hydrogen-bond donors (Lipinski definition) is 1. The Balaban J connectivity index is 1.83. The first-order valence-electron chi connectivity index (χ1n) is 7.80. The van der Waals surface area contributed by atoms with Crippen LogP contribution in [0.4, 0.5) is 4.79 Å². The molecule has 1 atom stereocenters. The number of esters is 1. The largest absolute Gasteiger partial charge is 0.451 e. The Labute approximate surface area is 139 Å². The zero-order valence-corrected chi connectivity index (χ0v) is 14.0. The molecule has 23 heavy (non-hydrogen) atoms. The molecule has 0 bridgehead atoms. The molecule has 7 nitrogen and oxygen atoms in total. The smallest absolute Gasteiger partial charge is 0.326 e. The average molecular weight is 339 g/mol. The predicted octanol–water partition coefficient (Wildman–Crippen LogP) is 1.43. The van der Waals surface area contributed by atoms with Gasteiger partial charge >= 0.3 is 5.97 Å². The van der Waals surface area contributed by atoms with E-state index in [1.807, 2.05) is 0 Å². The van der Waals surface area contributed by atoms with E-state index in [-0.39, 0.29) is 11.8 Å². The Morgan fingerprint density at radius 3 is 2.70 bits per heavy atom. The first-order valence-corrected chi connectivity index (χ1v) is 8.79. The van der Waals surface area contributed by atoms with Crippen LogP contribution in [0.15, 0.2) is 0 Å². The molecule has 2 amide bonds. The van der Waals surface area contributed by atoms with E-state index in [2.05, 4.69) is 11.4 Å². The minimum absolute atomic E-state index is 0.146. The summed E-state index contributed by atoms with van der Waals surface area (Å²) in [7, 11) is 0. The minimum atomic E-state index is -0.986. The lowest BCUT2D eigenvalue weighted by Gasteiger charge is -2.32.